The predicted molar refractivity (Wildman–Crippen MR) is 184 cm³/mol. The molecule has 0 fully saturated rings. The third kappa shape index (κ3) is 9.13. The maximum Gasteiger partial charge on any atom is 0.264 e. The Kier molecular flexibility index (Phi) is 12.4. The Hall–Kier alpha value is -4.83. The Morgan fingerprint density at radius 1 is 0.809 bits per heavy atom. The van der Waals surface area contributed by atoms with Crippen LogP contribution in [0.1, 0.15) is 36.5 Å². The van der Waals surface area contributed by atoms with Crippen molar-refractivity contribution in [2.75, 3.05) is 31.6 Å². The van der Waals surface area contributed by atoms with Gasteiger partial charge in [0.1, 0.15) is 12.6 Å². The smallest absolute Gasteiger partial charge is 0.264 e. The lowest BCUT2D eigenvalue weighted by atomic mass is 10.0. The zero-order chi connectivity index (χ0) is 33.8. The van der Waals surface area contributed by atoms with E-state index in [4.69, 9.17) is 9.47 Å². The first-order chi connectivity index (χ1) is 22.7. The van der Waals surface area contributed by atoms with Crippen LogP contribution in [0.5, 0.6) is 11.5 Å². The predicted octanol–water partition coefficient (Wildman–Crippen LogP) is 5.76. The number of sulfonamides is 1. The molecule has 0 aliphatic carbocycles. The maximum atomic E-state index is 14.6. The molecule has 0 saturated heterocycles. The average molecular weight is 658 g/mol. The molecule has 248 valence electrons. The number of benzene rings is 4. The topological polar surface area (TPSA) is 105 Å². The van der Waals surface area contributed by atoms with E-state index in [0.29, 0.717) is 18.0 Å². The fraction of sp³-hybridized carbons (Fsp3) is 0.297. The summed E-state index contributed by atoms with van der Waals surface area (Å²) in [6.07, 6.45) is 1.93. The Bertz CT molecular complexity index is 1710. The molecule has 9 nitrogen and oxygen atoms in total. The Balaban J connectivity index is 1.81. The van der Waals surface area contributed by atoms with Crippen molar-refractivity contribution in [3.63, 3.8) is 0 Å². The fourth-order valence-corrected chi connectivity index (χ4v) is 6.59. The van der Waals surface area contributed by atoms with Gasteiger partial charge in [0.2, 0.25) is 11.8 Å². The number of rotatable bonds is 16. The third-order valence-corrected chi connectivity index (χ3v) is 9.63. The number of unbranched alkanes of at least 4 members (excludes halogenated alkanes) is 1. The van der Waals surface area contributed by atoms with Crippen molar-refractivity contribution in [1.82, 2.24) is 10.2 Å². The Morgan fingerprint density at radius 2 is 1.43 bits per heavy atom. The van der Waals surface area contributed by atoms with Crippen molar-refractivity contribution < 1.29 is 27.5 Å². The van der Waals surface area contributed by atoms with Crippen LogP contribution in [-0.2, 0) is 32.6 Å². The summed E-state index contributed by atoms with van der Waals surface area (Å²) in [7, 11) is -1.31. The van der Waals surface area contributed by atoms with Gasteiger partial charge in [0.25, 0.3) is 10.0 Å². The van der Waals surface area contributed by atoms with E-state index in [0.717, 1.165) is 33.8 Å². The van der Waals surface area contributed by atoms with Gasteiger partial charge in [0.05, 0.1) is 24.8 Å². The van der Waals surface area contributed by atoms with Gasteiger partial charge in [0, 0.05) is 25.6 Å². The van der Waals surface area contributed by atoms with Crippen LogP contribution in [0.2, 0.25) is 0 Å². The molecule has 1 N–H and O–H groups in total. The van der Waals surface area contributed by atoms with Crippen molar-refractivity contribution in [1.29, 1.82) is 0 Å². The molecule has 4 aromatic carbocycles. The van der Waals surface area contributed by atoms with Crippen LogP contribution in [-0.4, -0.2) is 58.5 Å². The summed E-state index contributed by atoms with van der Waals surface area (Å²) < 4.78 is 40.5. The van der Waals surface area contributed by atoms with Gasteiger partial charge in [-0.2, -0.15) is 0 Å². The summed E-state index contributed by atoms with van der Waals surface area (Å²) in [5, 5.41) is 3.00. The van der Waals surface area contributed by atoms with Crippen LogP contribution in [0.4, 0.5) is 5.69 Å². The molecule has 10 heteroatoms. The van der Waals surface area contributed by atoms with E-state index in [1.807, 2.05) is 74.5 Å². The Morgan fingerprint density at radius 3 is 2.02 bits per heavy atom. The van der Waals surface area contributed by atoms with Crippen LogP contribution in [0.3, 0.4) is 0 Å². The summed E-state index contributed by atoms with van der Waals surface area (Å²) in [6.45, 7) is 3.91. The minimum Gasteiger partial charge on any atom is -0.493 e. The first-order valence-electron chi connectivity index (χ1n) is 15.6. The standard InChI is InChI=1S/C37H43N3O6S/c1-5-6-23-38-37(42)33(24-29-13-9-7-10-14-29)39(26-30-15-11-8-12-16-30)36(41)27-40(31-19-22-34(45-3)35(25-31)46-4)47(43,44)32-20-17-28(2)18-21-32/h7-22,25,33H,5-6,23-24,26-27H2,1-4H3,(H,38,42). The van der Waals surface area contributed by atoms with Gasteiger partial charge in [0.15, 0.2) is 11.5 Å². The van der Waals surface area contributed by atoms with Gasteiger partial charge >= 0.3 is 0 Å². The SMILES string of the molecule is CCCCNC(=O)C(Cc1ccccc1)N(Cc1ccccc1)C(=O)CN(c1ccc(OC)c(OC)c1)S(=O)(=O)c1ccc(C)cc1. The minimum atomic E-state index is -4.25. The van der Waals surface area contributed by atoms with Crippen molar-refractivity contribution in [3.05, 3.63) is 120 Å². The van der Waals surface area contributed by atoms with Gasteiger partial charge < -0.3 is 19.7 Å². The van der Waals surface area contributed by atoms with Crippen molar-refractivity contribution in [2.24, 2.45) is 0 Å². The monoisotopic (exact) mass is 657 g/mol. The van der Waals surface area contributed by atoms with Gasteiger partial charge in [-0.3, -0.25) is 13.9 Å². The quantitative estimate of drug-likeness (QED) is 0.154. The molecule has 47 heavy (non-hydrogen) atoms. The number of anilines is 1. The maximum absolute atomic E-state index is 14.6. The van der Waals surface area contributed by atoms with Crippen LogP contribution in [0, 0.1) is 6.92 Å². The van der Waals surface area contributed by atoms with Crippen LogP contribution >= 0.6 is 0 Å². The minimum absolute atomic E-state index is 0.0263. The highest BCUT2D eigenvalue weighted by atomic mass is 32.2. The summed E-state index contributed by atoms with van der Waals surface area (Å²) in [4.78, 5) is 30.0. The fourth-order valence-electron chi connectivity index (χ4n) is 5.19. The zero-order valence-corrected chi connectivity index (χ0v) is 28.2. The number of aryl methyl sites for hydroxylation is 1. The normalized spacial score (nSPS) is 11.7. The lowest BCUT2D eigenvalue weighted by Crippen LogP contribution is -2.53. The molecule has 0 spiro atoms. The molecule has 0 aliphatic heterocycles. The second-order valence-electron chi connectivity index (χ2n) is 11.2. The lowest BCUT2D eigenvalue weighted by molar-refractivity contribution is -0.140. The summed E-state index contributed by atoms with van der Waals surface area (Å²) in [5.74, 6) is -0.121. The summed E-state index contributed by atoms with van der Waals surface area (Å²) in [5.41, 5.74) is 2.78. The van der Waals surface area contributed by atoms with Gasteiger partial charge in [-0.1, -0.05) is 91.7 Å². The molecule has 4 aromatic rings. The van der Waals surface area contributed by atoms with Crippen LogP contribution < -0.4 is 19.1 Å². The number of carbonyl (C=O) groups excluding carboxylic acids is 2. The highest BCUT2D eigenvalue weighted by Gasteiger charge is 2.35. The van der Waals surface area contributed by atoms with E-state index in [-0.39, 0.29) is 29.5 Å². The summed E-state index contributed by atoms with van der Waals surface area (Å²) >= 11 is 0. The number of nitrogens with zero attached hydrogens (tertiary/aromatic N) is 2. The number of methoxy groups -OCH3 is 2. The average Bonchev–Trinajstić information content (AvgIpc) is 3.09. The van der Waals surface area contributed by atoms with E-state index in [1.54, 1.807) is 24.3 Å². The van der Waals surface area contributed by atoms with Crippen molar-refractivity contribution in [3.8, 4) is 11.5 Å². The highest BCUT2D eigenvalue weighted by molar-refractivity contribution is 7.92. The largest absolute Gasteiger partial charge is 0.493 e. The molecule has 4 rings (SSSR count). The molecular weight excluding hydrogens is 614 g/mol. The van der Waals surface area contributed by atoms with E-state index < -0.39 is 28.5 Å². The van der Waals surface area contributed by atoms with Gasteiger partial charge in [-0.15, -0.1) is 0 Å². The van der Waals surface area contributed by atoms with E-state index in [2.05, 4.69) is 5.32 Å². The molecule has 0 bridgehead atoms. The number of nitrogens with one attached hydrogen (secondary N) is 1. The van der Waals surface area contributed by atoms with Gasteiger partial charge in [-0.25, -0.2) is 8.42 Å². The molecule has 2 amide bonds. The van der Waals surface area contributed by atoms with E-state index in [1.165, 1.54) is 37.3 Å². The van der Waals surface area contributed by atoms with E-state index in [9.17, 15) is 18.0 Å². The van der Waals surface area contributed by atoms with Crippen LogP contribution in [0.15, 0.2) is 108 Å². The highest BCUT2D eigenvalue weighted by Crippen LogP contribution is 2.34. The molecule has 0 aliphatic rings. The van der Waals surface area contributed by atoms with Crippen LogP contribution in [0.25, 0.3) is 0 Å². The molecule has 0 aromatic heterocycles. The third-order valence-electron chi connectivity index (χ3n) is 7.84. The number of hydrogen-bond donors (Lipinski definition) is 1. The van der Waals surface area contributed by atoms with Gasteiger partial charge in [-0.05, 0) is 48.7 Å². The lowest BCUT2D eigenvalue weighted by Gasteiger charge is -2.34. The first-order valence-corrected chi connectivity index (χ1v) is 17.1. The molecule has 0 radical (unpaired) electrons. The van der Waals surface area contributed by atoms with E-state index >= 15 is 0 Å². The molecular formula is C37H43N3O6S. The second-order valence-corrected chi connectivity index (χ2v) is 13.1. The van der Waals surface area contributed by atoms with Crippen molar-refractivity contribution >= 4 is 27.5 Å². The number of hydrogen-bond acceptors (Lipinski definition) is 6. The molecule has 0 heterocycles. The Labute approximate surface area is 278 Å². The molecule has 1 unspecified atom stereocenters. The summed E-state index contributed by atoms with van der Waals surface area (Å²) in [6, 6.07) is 29.1. The number of amides is 2. The van der Waals surface area contributed by atoms with Crippen molar-refractivity contribution in [2.45, 2.75) is 50.6 Å². The first kappa shape index (κ1) is 35.0. The zero-order valence-electron chi connectivity index (χ0n) is 27.4. The number of ether oxygens (including phenoxy) is 2. The second kappa shape index (κ2) is 16.6. The molecule has 1 atom stereocenters. The molecule has 0 saturated carbocycles. The number of carbonyl (C=O) groups is 2.